The monoisotopic (exact) mass is 279 g/mol. The van der Waals surface area contributed by atoms with Crippen molar-refractivity contribution < 1.29 is 14.3 Å². The zero-order valence-corrected chi connectivity index (χ0v) is 12.8. The summed E-state index contributed by atoms with van der Waals surface area (Å²) >= 11 is 0. The van der Waals surface area contributed by atoms with Crippen LogP contribution in [0.4, 0.5) is 0 Å². The average molecular weight is 279 g/mol. The molecule has 0 aliphatic carbocycles. The molecule has 0 aliphatic rings. The predicted molar refractivity (Wildman–Crippen MR) is 80.0 cm³/mol. The summed E-state index contributed by atoms with van der Waals surface area (Å²) in [5.41, 5.74) is 1.15. The van der Waals surface area contributed by atoms with E-state index < -0.39 is 6.10 Å². The van der Waals surface area contributed by atoms with Crippen molar-refractivity contribution in [1.82, 2.24) is 5.32 Å². The minimum absolute atomic E-state index is 0.0681. The molecule has 0 aromatic heterocycles. The number of hydrogen-bond acceptors (Lipinski definition) is 3. The van der Waals surface area contributed by atoms with Gasteiger partial charge in [-0.25, -0.2) is 0 Å². The molecule has 0 heterocycles. The number of benzene rings is 1. The van der Waals surface area contributed by atoms with Gasteiger partial charge in [-0.1, -0.05) is 12.1 Å². The van der Waals surface area contributed by atoms with E-state index in [0.29, 0.717) is 13.2 Å². The Morgan fingerprint density at radius 3 is 2.70 bits per heavy atom. The van der Waals surface area contributed by atoms with E-state index in [9.17, 15) is 4.79 Å². The van der Waals surface area contributed by atoms with Gasteiger partial charge in [0, 0.05) is 13.2 Å². The van der Waals surface area contributed by atoms with Gasteiger partial charge in [-0.05, 0) is 51.8 Å². The Morgan fingerprint density at radius 1 is 1.30 bits per heavy atom. The third-order valence-corrected chi connectivity index (χ3v) is 2.77. The summed E-state index contributed by atoms with van der Waals surface area (Å²) in [7, 11) is 0. The lowest BCUT2D eigenvalue weighted by molar-refractivity contribution is -0.131. The molecule has 0 fully saturated rings. The third kappa shape index (κ3) is 6.06. The molecule has 20 heavy (non-hydrogen) atoms. The number of rotatable bonds is 8. The largest absolute Gasteiger partial charge is 0.491 e. The van der Waals surface area contributed by atoms with Crippen LogP contribution in [-0.2, 0) is 16.0 Å². The van der Waals surface area contributed by atoms with Crippen LogP contribution >= 0.6 is 0 Å². The Balaban J connectivity index is 2.40. The zero-order valence-electron chi connectivity index (χ0n) is 12.8. The number of amides is 1. The van der Waals surface area contributed by atoms with Gasteiger partial charge in [-0.3, -0.25) is 4.79 Å². The van der Waals surface area contributed by atoms with Crippen molar-refractivity contribution in [3.05, 3.63) is 29.8 Å². The highest BCUT2D eigenvalue weighted by Gasteiger charge is 2.11. The van der Waals surface area contributed by atoms with Crippen LogP contribution in [0, 0.1) is 0 Å². The molecule has 4 nitrogen and oxygen atoms in total. The topological polar surface area (TPSA) is 47.6 Å². The van der Waals surface area contributed by atoms with Crippen LogP contribution in [-0.4, -0.2) is 31.3 Å². The van der Waals surface area contributed by atoms with Crippen LogP contribution in [0.1, 0.15) is 33.3 Å². The molecule has 1 amide bonds. The number of hydrogen-bond donors (Lipinski definition) is 1. The lowest BCUT2D eigenvalue weighted by atomic mass is 10.1. The van der Waals surface area contributed by atoms with Gasteiger partial charge in [-0.2, -0.15) is 0 Å². The Labute approximate surface area is 121 Å². The number of ether oxygens (including phenoxy) is 2. The molecule has 0 unspecified atom stereocenters. The summed E-state index contributed by atoms with van der Waals surface area (Å²) in [6, 6.07) is 7.96. The molecule has 0 aliphatic heterocycles. The first-order valence-corrected chi connectivity index (χ1v) is 7.17. The van der Waals surface area contributed by atoms with Crippen LogP contribution in [0.3, 0.4) is 0 Å². The highest BCUT2D eigenvalue weighted by atomic mass is 16.5. The first-order chi connectivity index (χ1) is 9.52. The molecule has 1 aromatic carbocycles. The maximum Gasteiger partial charge on any atom is 0.248 e. The molecule has 1 N–H and O–H groups in total. The van der Waals surface area contributed by atoms with Crippen molar-refractivity contribution in [3.8, 4) is 5.75 Å². The van der Waals surface area contributed by atoms with Crippen molar-refractivity contribution in [3.63, 3.8) is 0 Å². The Kier molecular flexibility index (Phi) is 7.09. The maximum absolute atomic E-state index is 11.7. The van der Waals surface area contributed by atoms with Crippen LogP contribution in [0.5, 0.6) is 5.75 Å². The fraction of sp³-hybridized carbons (Fsp3) is 0.562. The second kappa shape index (κ2) is 8.59. The molecule has 0 saturated carbocycles. The maximum atomic E-state index is 11.7. The number of carbonyl (C=O) groups excluding carboxylic acids is 1. The van der Waals surface area contributed by atoms with Gasteiger partial charge in [-0.15, -0.1) is 0 Å². The van der Waals surface area contributed by atoms with E-state index in [1.54, 1.807) is 6.92 Å². The summed E-state index contributed by atoms with van der Waals surface area (Å²) in [6.45, 7) is 8.79. The van der Waals surface area contributed by atoms with Gasteiger partial charge >= 0.3 is 0 Å². The van der Waals surface area contributed by atoms with Crippen molar-refractivity contribution in [1.29, 1.82) is 0 Å². The molecular formula is C16H25NO3. The van der Waals surface area contributed by atoms with Crippen LogP contribution in [0.25, 0.3) is 0 Å². The van der Waals surface area contributed by atoms with Gasteiger partial charge in [0.1, 0.15) is 11.9 Å². The van der Waals surface area contributed by atoms with E-state index in [1.807, 2.05) is 45.0 Å². The first kappa shape index (κ1) is 16.5. The second-order valence-electron chi connectivity index (χ2n) is 4.95. The van der Waals surface area contributed by atoms with Crippen LogP contribution < -0.4 is 10.1 Å². The molecule has 1 rings (SSSR count). The lowest BCUT2D eigenvalue weighted by Crippen LogP contribution is -2.35. The normalized spacial score (nSPS) is 12.2. The van der Waals surface area contributed by atoms with Gasteiger partial charge in [0.15, 0.2) is 0 Å². The molecular weight excluding hydrogens is 254 g/mol. The highest BCUT2D eigenvalue weighted by molar-refractivity contribution is 5.80. The van der Waals surface area contributed by atoms with Crippen molar-refractivity contribution in [2.75, 3.05) is 13.2 Å². The molecule has 1 atom stereocenters. The number of nitrogens with one attached hydrogen (secondary N) is 1. The Morgan fingerprint density at radius 2 is 2.05 bits per heavy atom. The molecule has 112 valence electrons. The van der Waals surface area contributed by atoms with E-state index in [0.717, 1.165) is 17.7 Å². The van der Waals surface area contributed by atoms with E-state index in [2.05, 4.69) is 5.32 Å². The number of carbonyl (C=O) groups is 1. The van der Waals surface area contributed by atoms with Crippen LogP contribution in [0.2, 0.25) is 0 Å². The first-order valence-electron chi connectivity index (χ1n) is 7.17. The Bertz CT molecular complexity index is 418. The van der Waals surface area contributed by atoms with Crippen molar-refractivity contribution in [2.45, 2.75) is 46.3 Å². The van der Waals surface area contributed by atoms with Gasteiger partial charge in [0.25, 0.3) is 0 Å². The SMILES string of the molecule is CCO[C@@H](C)C(=O)NCCc1cccc(OC(C)C)c1. The van der Waals surface area contributed by atoms with E-state index in [1.165, 1.54) is 0 Å². The summed E-state index contributed by atoms with van der Waals surface area (Å²) in [5, 5.41) is 2.87. The molecule has 0 spiro atoms. The summed E-state index contributed by atoms with van der Waals surface area (Å²) < 4.78 is 10.9. The minimum Gasteiger partial charge on any atom is -0.491 e. The van der Waals surface area contributed by atoms with Crippen molar-refractivity contribution in [2.24, 2.45) is 0 Å². The lowest BCUT2D eigenvalue weighted by Gasteiger charge is -2.13. The van der Waals surface area contributed by atoms with Gasteiger partial charge < -0.3 is 14.8 Å². The van der Waals surface area contributed by atoms with E-state index >= 15 is 0 Å². The molecule has 0 bridgehead atoms. The van der Waals surface area contributed by atoms with Gasteiger partial charge in [0.2, 0.25) is 5.91 Å². The second-order valence-corrected chi connectivity index (χ2v) is 4.95. The average Bonchev–Trinajstić information content (AvgIpc) is 2.38. The molecule has 0 saturated heterocycles. The summed E-state index contributed by atoms with van der Waals surface area (Å²) in [4.78, 5) is 11.7. The molecule has 0 radical (unpaired) electrons. The van der Waals surface area contributed by atoms with E-state index in [-0.39, 0.29) is 12.0 Å². The van der Waals surface area contributed by atoms with Crippen LogP contribution in [0.15, 0.2) is 24.3 Å². The standard InChI is InChI=1S/C16H25NO3/c1-5-19-13(4)16(18)17-10-9-14-7-6-8-15(11-14)20-12(2)3/h6-8,11-13H,5,9-10H2,1-4H3,(H,17,18)/t13-/m0/s1. The zero-order chi connectivity index (χ0) is 15.0. The van der Waals surface area contributed by atoms with Crippen molar-refractivity contribution >= 4 is 5.91 Å². The third-order valence-electron chi connectivity index (χ3n) is 2.77. The summed E-state index contributed by atoms with van der Waals surface area (Å²) in [6.07, 6.45) is 0.549. The predicted octanol–water partition coefficient (Wildman–Crippen LogP) is 2.56. The minimum atomic E-state index is -0.393. The summed E-state index contributed by atoms with van der Waals surface area (Å²) in [5.74, 6) is 0.799. The quantitative estimate of drug-likeness (QED) is 0.795. The molecule has 1 aromatic rings. The van der Waals surface area contributed by atoms with Gasteiger partial charge in [0.05, 0.1) is 6.10 Å². The molecule has 4 heteroatoms. The highest BCUT2D eigenvalue weighted by Crippen LogP contribution is 2.15. The fourth-order valence-electron chi connectivity index (χ4n) is 1.85. The Hall–Kier alpha value is -1.55. The fourth-order valence-corrected chi connectivity index (χ4v) is 1.85. The van der Waals surface area contributed by atoms with E-state index in [4.69, 9.17) is 9.47 Å². The smallest absolute Gasteiger partial charge is 0.248 e.